The summed E-state index contributed by atoms with van der Waals surface area (Å²) in [5, 5.41) is 0.865. The van der Waals surface area contributed by atoms with Crippen LogP contribution in [0.4, 0.5) is 0 Å². The summed E-state index contributed by atoms with van der Waals surface area (Å²) in [4.78, 5) is 16.0. The van der Waals surface area contributed by atoms with E-state index in [1.807, 2.05) is 41.6 Å². The van der Waals surface area contributed by atoms with Gasteiger partial charge in [-0.1, -0.05) is 34.7 Å². The SMILES string of the molecule is C/N=c1\c2c(C)cccc2oc(=O)n1/C=C\I. The molecule has 2 rings (SSSR count). The van der Waals surface area contributed by atoms with Crippen LogP contribution in [0.25, 0.3) is 17.2 Å². The molecule has 88 valence electrons. The molecule has 0 atom stereocenters. The number of halogens is 1. The molecule has 0 fully saturated rings. The van der Waals surface area contributed by atoms with Crippen LogP contribution in [0.15, 0.2) is 36.5 Å². The van der Waals surface area contributed by atoms with E-state index in [0.29, 0.717) is 11.1 Å². The molecule has 0 aliphatic carbocycles. The normalized spacial score (nSPS) is 12.8. The first-order valence-electron chi connectivity index (χ1n) is 5.03. The smallest absolute Gasteiger partial charge is 0.409 e. The maximum Gasteiger partial charge on any atom is 0.425 e. The van der Waals surface area contributed by atoms with Gasteiger partial charge in [-0.2, -0.15) is 0 Å². The highest BCUT2D eigenvalue weighted by molar-refractivity contribution is 14.1. The zero-order valence-electron chi connectivity index (χ0n) is 9.48. The Hall–Kier alpha value is -1.37. The Bertz CT molecular complexity index is 710. The Kier molecular flexibility index (Phi) is 3.46. The van der Waals surface area contributed by atoms with Crippen LogP contribution in [0.1, 0.15) is 5.56 Å². The van der Waals surface area contributed by atoms with Gasteiger partial charge in [-0.15, -0.1) is 0 Å². The van der Waals surface area contributed by atoms with Crippen LogP contribution in [0, 0.1) is 6.92 Å². The van der Waals surface area contributed by atoms with Gasteiger partial charge < -0.3 is 4.42 Å². The fourth-order valence-electron chi connectivity index (χ4n) is 1.77. The summed E-state index contributed by atoms with van der Waals surface area (Å²) in [5.41, 5.74) is 2.21. The van der Waals surface area contributed by atoms with E-state index in [-0.39, 0.29) is 0 Å². The second-order valence-corrected chi connectivity index (χ2v) is 4.23. The molecule has 0 radical (unpaired) electrons. The molecule has 0 unspecified atom stereocenters. The van der Waals surface area contributed by atoms with Crippen molar-refractivity contribution < 1.29 is 4.42 Å². The molecule has 0 N–H and O–H groups in total. The van der Waals surface area contributed by atoms with Gasteiger partial charge in [0, 0.05) is 13.2 Å². The first-order valence-corrected chi connectivity index (χ1v) is 6.28. The Morgan fingerprint density at radius 3 is 2.88 bits per heavy atom. The summed E-state index contributed by atoms with van der Waals surface area (Å²) >= 11 is 2.05. The van der Waals surface area contributed by atoms with Crippen LogP contribution in [-0.2, 0) is 0 Å². The highest BCUT2D eigenvalue weighted by Gasteiger charge is 2.07. The summed E-state index contributed by atoms with van der Waals surface area (Å²) in [6.45, 7) is 1.97. The first kappa shape index (κ1) is 12.1. The molecule has 17 heavy (non-hydrogen) atoms. The first-order chi connectivity index (χ1) is 8.19. The molecule has 0 amide bonds. The van der Waals surface area contributed by atoms with Crippen LogP contribution in [0.5, 0.6) is 0 Å². The van der Waals surface area contributed by atoms with Gasteiger partial charge in [0.25, 0.3) is 0 Å². The second-order valence-electron chi connectivity index (χ2n) is 3.51. The van der Waals surface area contributed by atoms with Crippen LogP contribution in [0.3, 0.4) is 0 Å². The minimum atomic E-state index is -0.434. The number of hydrogen-bond donors (Lipinski definition) is 0. The number of fused-ring (bicyclic) bond motifs is 1. The van der Waals surface area contributed by atoms with Gasteiger partial charge in [0.1, 0.15) is 11.1 Å². The topological polar surface area (TPSA) is 47.5 Å². The number of aromatic nitrogens is 1. The van der Waals surface area contributed by atoms with Crippen molar-refractivity contribution in [2.24, 2.45) is 4.99 Å². The Morgan fingerprint density at radius 1 is 1.47 bits per heavy atom. The van der Waals surface area contributed by atoms with E-state index in [9.17, 15) is 4.79 Å². The number of hydrogen-bond acceptors (Lipinski definition) is 3. The summed E-state index contributed by atoms with van der Waals surface area (Å²) in [5.74, 6) is -0.434. The third-order valence-corrected chi connectivity index (χ3v) is 2.82. The average molecular weight is 342 g/mol. The average Bonchev–Trinajstić information content (AvgIpc) is 2.31. The molecule has 0 bridgehead atoms. The van der Waals surface area contributed by atoms with E-state index in [2.05, 4.69) is 4.99 Å². The lowest BCUT2D eigenvalue weighted by Gasteiger charge is -2.05. The van der Waals surface area contributed by atoms with E-state index in [1.165, 1.54) is 4.57 Å². The number of nitrogens with zero attached hydrogens (tertiary/aromatic N) is 2. The predicted molar refractivity (Wildman–Crippen MR) is 76.0 cm³/mol. The van der Waals surface area contributed by atoms with Crippen molar-refractivity contribution in [1.29, 1.82) is 0 Å². The minimum Gasteiger partial charge on any atom is -0.409 e. The van der Waals surface area contributed by atoms with E-state index in [1.54, 1.807) is 23.4 Å². The Morgan fingerprint density at radius 2 is 2.24 bits per heavy atom. The number of aryl methyl sites for hydroxylation is 1. The van der Waals surface area contributed by atoms with Crippen molar-refractivity contribution in [3.8, 4) is 0 Å². The quantitative estimate of drug-likeness (QED) is 0.747. The van der Waals surface area contributed by atoms with Crippen molar-refractivity contribution in [2.75, 3.05) is 7.05 Å². The van der Waals surface area contributed by atoms with Crippen molar-refractivity contribution in [3.63, 3.8) is 0 Å². The van der Waals surface area contributed by atoms with Crippen LogP contribution >= 0.6 is 22.6 Å². The Labute approximate surface area is 111 Å². The van der Waals surface area contributed by atoms with Gasteiger partial charge in [0.15, 0.2) is 0 Å². The standard InChI is InChI=1S/C12H11IN2O2/c1-8-4-3-5-9-10(8)11(14-2)15(7-6-13)12(16)17-9/h3-7H,1-2H3/b7-6-,14-11+. The molecule has 0 aliphatic heterocycles. The third kappa shape index (κ3) is 2.06. The predicted octanol–water partition coefficient (Wildman–Crippen LogP) is 2.30. The van der Waals surface area contributed by atoms with Gasteiger partial charge in [-0.25, -0.2) is 9.36 Å². The fourth-order valence-corrected chi connectivity index (χ4v) is 2.09. The van der Waals surface area contributed by atoms with Crippen molar-refractivity contribution in [1.82, 2.24) is 4.57 Å². The minimum absolute atomic E-state index is 0.434. The lowest BCUT2D eigenvalue weighted by Crippen LogP contribution is -2.30. The Balaban J connectivity index is 3.10. The molecule has 0 spiro atoms. The maximum atomic E-state index is 11.8. The molecule has 0 saturated carbocycles. The molecule has 4 nitrogen and oxygen atoms in total. The van der Waals surface area contributed by atoms with Crippen molar-refractivity contribution in [2.45, 2.75) is 6.92 Å². The molecule has 0 saturated heterocycles. The summed E-state index contributed by atoms with van der Waals surface area (Å²) in [7, 11) is 1.66. The van der Waals surface area contributed by atoms with E-state index >= 15 is 0 Å². The summed E-state index contributed by atoms with van der Waals surface area (Å²) in [6, 6.07) is 5.60. The van der Waals surface area contributed by atoms with Crippen molar-refractivity contribution >= 4 is 39.8 Å². The summed E-state index contributed by atoms with van der Waals surface area (Å²) < 4.78 is 8.41. The zero-order valence-corrected chi connectivity index (χ0v) is 11.6. The molecular weight excluding hydrogens is 331 g/mol. The highest BCUT2D eigenvalue weighted by Crippen LogP contribution is 2.12. The zero-order chi connectivity index (χ0) is 12.4. The maximum absolute atomic E-state index is 11.8. The van der Waals surface area contributed by atoms with E-state index < -0.39 is 5.76 Å². The molecule has 2 aromatic rings. The van der Waals surface area contributed by atoms with Crippen molar-refractivity contribution in [3.05, 3.63) is 43.9 Å². The lowest BCUT2D eigenvalue weighted by molar-refractivity contribution is 0.507. The van der Waals surface area contributed by atoms with Gasteiger partial charge >= 0.3 is 5.76 Å². The largest absolute Gasteiger partial charge is 0.425 e. The van der Waals surface area contributed by atoms with Crippen LogP contribution in [0.2, 0.25) is 0 Å². The van der Waals surface area contributed by atoms with E-state index in [4.69, 9.17) is 4.42 Å². The molecule has 1 heterocycles. The third-order valence-electron chi connectivity index (χ3n) is 2.50. The monoisotopic (exact) mass is 342 g/mol. The molecule has 1 aromatic carbocycles. The van der Waals surface area contributed by atoms with E-state index in [0.717, 1.165) is 10.9 Å². The molecule has 5 heteroatoms. The van der Waals surface area contributed by atoms with Gasteiger partial charge in [0.05, 0.1) is 5.39 Å². The fraction of sp³-hybridized carbons (Fsp3) is 0.167. The summed E-state index contributed by atoms with van der Waals surface area (Å²) in [6.07, 6.45) is 1.64. The number of benzene rings is 1. The lowest BCUT2D eigenvalue weighted by atomic mass is 10.1. The van der Waals surface area contributed by atoms with Gasteiger partial charge in [-0.05, 0) is 22.6 Å². The molecular formula is C12H11IN2O2. The van der Waals surface area contributed by atoms with Crippen LogP contribution in [-0.4, -0.2) is 11.6 Å². The van der Waals surface area contributed by atoms with Crippen LogP contribution < -0.4 is 11.2 Å². The second kappa shape index (κ2) is 4.87. The van der Waals surface area contributed by atoms with Gasteiger partial charge in [0.2, 0.25) is 0 Å². The number of rotatable bonds is 1. The van der Waals surface area contributed by atoms with Gasteiger partial charge in [-0.3, -0.25) is 4.99 Å². The molecule has 1 aromatic heterocycles. The highest BCUT2D eigenvalue weighted by atomic mass is 127. The molecule has 0 aliphatic rings.